The number of hydrogen-bond acceptors (Lipinski definition) is 5. The highest BCUT2D eigenvalue weighted by Crippen LogP contribution is 2.24. The highest BCUT2D eigenvalue weighted by molar-refractivity contribution is 6.32. The van der Waals surface area contributed by atoms with E-state index in [0.717, 1.165) is 13.1 Å². The first-order valence-electron chi connectivity index (χ1n) is 5.87. The average molecular weight is 270 g/mol. The SMILES string of the molecule is CCNc1ncc(Cl)c(N2CCN(C)C(=O)C2)n1. The van der Waals surface area contributed by atoms with Crippen molar-refractivity contribution in [2.45, 2.75) is 6.92 Å². The number of piperazine rings is 1. The standard InChI is InChI=1S/C11H16ClN5O/c1-3-13-11-14-6-8(12)10(15-11)17-5-4-16(2)9(18)7-17/h6H,3-5,7H2,1-2H3,(H,13,14,15). The van der Waals surface area contributed by atoms with Crippen molar-refractivity contribution in [1.82, 2.24) is 14.9 Å². The number of aromatic nitrogens is 2. The van der Waals surface area contributed by atoms with Crippen molar-refractivity contribution >= 4 is 29.3 Å². The average Bonchev–Trinajstić information content (AvgIpc) is 2.35. The van der Waals surface area contributed by atoms with Crippen LogP contribution in [0.4, 0.5) is 11.8 Å². The van der Waals surface area contributed by atoms with Gasteiger partial charge in [-0.15, -0.1) is 0 Å². The molecule has 7 heteroatoms. The van der Waals surface area contributed by atoms with Gasteiger partial charge in [0.2, 0.25) is 11.9 Å². The lowest BCUT2D eigenvalue weighted by molar-refractivity contribution is -0.129. The summed E-state index contributed by atoms with van der Waals surface area (Å²) in [5, 5.41) is 3.50. The molecule has 2 heterocycles. The second-order valence-electron chi connectivity index (χ2n) is 4.13. The van der Waals surface area contributed by atoms with Crippen LogP contribution >= 0.6 is 11.6 Å². The number of nitrogens with one attached hydrogen (secondary N) is 1. The minimum atomic E-state index is 0.0703. The minimum Gasteiger partial charge on any atom is -0.354 e. The fourth-order valence-electron chi connectivity index (χ4n) is 1.76. The molecule has 2 rings (SSSR count). The number of nitrogens with zero attached hydrogens (tertiary/aromatic N) is 4. The van der Waals surface area contributed by atoms with E-state index in [0.29, 0.717) is 29.9 Å². The summed E-state index contributed by atoms with van der Waals surface area (Å²) in [6.45, 7) is 4.42. The van der Waals surface area contributed by atoms with Gasteiger partial charge in [0.25, 0.3) is 0 Å². The maximum atomic E-state index is 11.7. The number of carbonyl (C=O) groups is 1. The molecule has 0 spiro atoms. The van der Waals surface area contributed by atoms with Crippen molar-refractivity contribution in [3.63, 3.8) is 0 Å². The summed E-state index contributed by atoms with van der Waals surface area (Å²) in [4.78, 5) is 23.7. The zero-order valence-corrected chi connectivity index (χ0v) is 11.2. The Balaban J connectivity index is 2.21. The van der Waals surface area contributed by atoms with E-state index in [-0.39, 0.29) is 5.91 Å². The topological polar surface area (TPSA) is 61.4 Å². The molecule has 1 amide bonds. The number of carbonyl (C=O) groups excluding carboxylic acids is 1. The van der Waals surface area contributed by atoms with Gasteiger partial charge < -0.3 is 15.1 Å². The number of rotatable bonds is 3. The Morgan fingerprint density at radius 1 is 1.50 bits per heavy atom. The largest absolute Gasteiger partial charge is 0.354 e. The van der Waals surface area contributed by atoms with Crippen LogP contribution in [0.1, 0.15) is 6.92 Å². The molecule has 1 aliphatic heterocycles. The number of hydrogen-bond donors (Lipinski definition) is 1. The third kappa shape index (κ3) is 2.64. The van der Waals surface area contributed by atoms with E-state index in [9.17, 15) is 4.79 Å². The predicted molar refractivity (Wildman–Crippen MR) is 71.1 cm³/mol. The summed E-state index contributed by atoms with van der Waals surface area (Å²) in [6.07, 6.45) is 1.56. The van der Waals surface area contributed by atoms with E-state index in [2.05, 4.69) is 15.3 Å². The molecule has 1 saturated heterocycles. The molecule has 0 bridgehead atoms. The summed E-state index contributed by atoms with van der Waals surface area (Å²) in [6, 6.07) is 0. The Labute approximate surface area is 111 Å². The van der Waals surface area contributed by atoms with E-state index in [1.54, 1.807) is 18.1 Å². The quantitative estimate of drug-likeness (QED) is 0.881. The van der Waals surface area contributed by atoms with Crippen LogP contribution in [0.15, 0.2) is 6.20 Å². The van der Waals surface area contributed by atoms with Gasteiger partial charge in [-0.1, -0.05) is 11.6 Å². The Kier molecular flexibility index (Phi) is 3.86. The highest BCUT2D eigenvalue weighted by atomic mass is 35.5. The lowest BCUT2D eigenvalue weighted by Gasteiger charge is -2.33. The molecule has 0 aliphatic carbocycles. The molecule has 0 radical (unpaired) electrons. The van der Waals surface area contributed by atoms with Crippen molar-refractivity contribution in [3.8, 4) is 0 Å². The van der Waals surface area contributed by atoms with Gasteiger partial charge in [-0.3, -0.25) is 4.79 Å². The monoisotopic (exact) mass is 269 g/mol. The number of amides is 1. The summed E-state index contributed by atoms with van der Waals surface area (Å²) in [5.41, 5.74) is 0. The van der Waals surface area contributed by atoms with Crippen LogP contribution in [0.3, 0.4) is 0 Å². The molecular weight excluding hydrogens is 254 g/mol. The molecule has 0 unspecified atom stereocenters. The van der Waals surface area contributed by atoms with Crippen molar-refractivity contribution < 1.29 is 4.79 Å². The van der Waals surface area contributed by atoms with E-state index in [1.807, 2.05) is 11.8 Å². The Morgan fingerprint density at radius 3 is 2.94 bits per heavy atom. The van der Waals surface area contributed by atoms with E-state index < -0.39 is 0 Å². The van der Waals surface area contributed by atoms with Crippen molar-refractivity contribution in [2.75, 3.05) is 43.4 Å². The van der Waals surface area contributed by atoms with Crippen molar-refractivity contribution in [3.05, 3.63) is 11.2 Å². The van der Waals surface area contributed by atoms with Gasteiger partial charge in [0.1, 0.15) is 5.02 Å². The molecule has 1 N–H and O–H groups in total. The van der Waals surface area contributed by atoms with Crippen LogP contribution in [0.25, 0.3) is 0 Å². The number of halogens is 1. The van der Waals surface area contributed by atoms with Crippen LogP contribution < -0.4 is 10.2 Å². The third-order valence-corrected chi connectivity index (χ3v) is 3.08. The molecule has 0 saturated carbocycles. The first-order chi connectivity index (χ1) is 8.61. The van der Waals surface area contributed by atoms with Crippen molar-refractivity contribution in [1.29, 1.82) is 0 Å². The smallest absolute Gasteiger partial charge is 0.241 e. The lowest BCUT2D eigenvalue weighted by atomic mass is 10.3. The molecule has 1 aromatic heterocycles. The highest BCUT2D eigenvalue weighted by Gasteiger charge is 2.24. The van der Waals surface area contributed by atoms with Gasteiger partial charge in [-0.25, -0.2) is 4.98 Å². The summed E-state index contributed by atoms with van der Waals surface area (Å²) >= 11 is 6.09. The normalized spacial score (nSPS) is 16.1. The van der Waals surface area contributed by atoms with Gasteiger partial charge in [0.15, 0.2) is 5.82 Å². The molecule has 0 atom stereocenters. The van der Waals surface area contributed by atoms with Crippen LogP contribution in [-0.2, 0) is 4.79 Å². The molecule has 98 valence electrons. The first kappa shape index (κ1) is 12.9. The number of likely N-dealkylation sites (N-methyl/N-ethyl adjacent to an activating group) is 1. The molecule has 18 heavy (non-hydrogen) atoms. The summed E-state index contributed by atoms with van der Waals surface area (Å²) in [5.74, 6) is 1.22. The zero-order valence-electron chi connectivity index (χ0n) is 10.5. The second-order valence-corrected chi connectivity index (χ2v) is 4.54. The zero-order chi connectivity index (χ0) is 13.1. The molecule has 0 aromatic carbocycles. The maximum Gasteiger partial charge on any atom is 0.241 e. The molecule has 1 fully saturated rings. The third-order valence-electron chi connectivity index (χ3n) is 2.82. The van der Waals surface area contributed by atoms with Gasteiger partial charge in [-0.2, -0.15) is 4.98 Å². The van der Waals surface area contributed by atoms with Crippen LogP contribution in [0.2, 0.25) is 5.02 Å². The Morgan fingerprint density at radius 2 is 2.28 bits per heavy atom. The van der Waals surface area contributed by atoms with E-state index in [4.69, 9.17) is 11.6 Å². The number of anilines is 2. The van der Waals surface area contributed by atoms with Gasteiger partial charge >= 0.3 is 0 Å². The summed E-state index contributed by atoms with van der Waals surface area (Å²) in [7, 11) is 1.80. The van der Waals surface area contributed by atoms with Gasteiger partial charge in [-0.05, 0) is 6.92 Å². The van der Waals surface area contributed by atoms with Crippen LogP contribution in [-0.4, -0.2) is 54.0 Å². The molecular formula is C11H16ClN5O. The molecule has 1 aromatic rings. The van der Waals surface area contributed by atoms with E-state index in [1.165, 1.54) is 0 Å². The van der Waals surface area contributed by atoms with Crippen LogP contribution in [0, 0.1) is 0 Å². The fraction of sp³-hybridized carbons (Fsp3) is 0.545. The second kappa shape index (κ2) is 5.39. The van der Waals surface area contributed by atoms with E-state index >= 15 is 0 Å². The predicted octanol–water partition coefficient (Wildman–Crippen LogP) is 0.840. The lowest BCUT2D eigenvalue weighted by Crippen LogP contribution is -2.49. The van der Waals surface area contributed by atoms with Gasteiger partial charge in [0.05, 0.1) is 12.7 Å². The Hall–Kier alpha value is -1.56. The molecule has 6 nitrogen and oxygen atoms in total. The molecule has 1 aliphatic rings. The van der Waals surface area contributed by atoms with Crippen LogP contribution in [0.5, 0.6) is 0 Å². The minimum absolute atomic E-state index is 0.0703. The fourth-order valence-corrected chi connectivity index (χ4v) is 1.97. The van der Waals surface area contributed by atoms with Gasteiger partial charge in [0, 0.05) is 26.7 Å². The maximum absolute atomic E-state index is 11.7. The van der Waals surface area contributed by atoms with Crippen molar-refractivity contribution in [2.24, 2.45) is 0 Å². The first-order valence-corrected chi connectivity index (χ1v) is 6.25. The summed E-state index contributed by atoms with van der Waals surface area (Å²) < 4.78 is 0. The Bertz CT molecular complexity index is 453.